The van der Waals surface area contributed by atoms with Crippen molar-refractivity contribution in [2.45, 2.75) is 110 Å². The predicted molar refractivity (Wildman–Crippen MR) is 134 cm³/mol. The van der Waals surface area contributed by atoms with Crippen molar-refractivity contribution in [2.24, 2.45) is 0 Å². The SMILES string of the molecule is CCCCCCCCCCCC(=O)N(C)CCC[Si]1(C)O[SiH](C)O[SiH](C)O[SiH](C)O1. The molecule has 0 aromatic heterocycles. The van der Waals surface area contributed by atoms with Gasteiger partial charge in [0.1, 0.15) is 0 Å². The monoisotopic (exact) mass is 493 g/mol. The molecule has 10 heteroatoms. The second kappa shape index (κ2) is 15.9. The van der Waals surface area contributed by atoms with Gasteiger partial charge >= 0.3 is 8.56 Å². The normalized spacial score (nSPS) is 27.5. The number of carbonyl (C=O) groups is 1. The average Bonchev–Trinajstić information content (AvgIpc) is 2.64. The van der Waals surface area contributed by atoms with E-state index in [0.29, 0.717) is 6.42 Å². The minimum absolute atomic E-state index is 0.265. The first-order chi connectivity index (χ1) is 14.3. The van der Waals surface area contributed by atoms with Crippen LogP contribution in [0.2, 0.25) is 32.2 Å². The molecule has 0 aromatic carbocycles. The van der Waals surface area contributed by atoms with Crippen LogP contribution in [0.5, 0.6) is 0 Å². The van der Waals surface area contributed by atoms with Crippen LogP contribution in [-0.2, 0) is 21.3 Å². The summed E-state index contributed by atoms with van der Waals surface area (Å²) in [5.74, 6) is 0.265. The van der Waals surface area contributed by atoms with E-state index in [-0.39, 0.29) is 5.91 Å². The lowest BCUT2D eigenvalue weighted by atomic mass is 10.1. The number of rotatable bonds is 14. The zero-order chi connectivity index (χ0) is 22.4. The van der Waals surface area contributed by atoms with Gasteiger partial charge in [0, 0.05) is 20.0 Å². The Morgan fingerprint density at radius 3 is 1.83 bits per heavy atom. The van der Waals surface area contributed by atoms with Crippen LogP contribution in [0.25, 0.3) is 0 Å². The predicted octanol–water partition coefficient (Wildman–Crippen LogP) is 4.46. The van der Waals surface area contributed by atoms with Crippen molar-refractivity contribution < 1.29 is 21.3 Å². The smallest absolute Gasteiger partial charge is 0.317 e. The van der Waals surface area contributed by atoms with Crippen LogP contribution < -0.4 is 0 Å². The Balaban J connectivity index is 2.18. The van der Waals surface area contributed by atoms with E-state index in [1.807, 2.05) is 11.9 Å². The van der Waals surface area contributed by atoms with Crippen LogP contribution in [0.3, 0.4) is 0 Å². The van der Waals surface area contributed by atoms with Gasteiger partial charge in [-0.1, -0.05) is 58.3 Å². The Morgan fingerprint density at radius 2 is 1.30 bits per heavy atom. The Morgan fingerprint density at radius 1 is 0.800 bits per heavy atom. The molecular weight excluding hydrogens is 447 g/mol. The first-order valence-corrected chi connectivity index (χ1v) is 21.0. The Kier molecular flexibility index (Phi) is 14.9. The summed E-state index contributed by atoms with van der Waals surface area (Å²) in [5, 5.41) is 0. The van der Waals surface area contributed by atoms with Crippen LogP contribution in [0.1, 0.15) is 77.6 Å². The number of unbranched alkanes of at least 4 members (excludes halogenated alkanes) is 8. The standard InChI is InChI=1S/C20H47NO5Si4/c1-7-8-9-10-11-12-13-14-15-17-20(22)21(2)18-16-19-30(6)25-28(4)23-27(3)24-29(5)26-30/h27-29H,7-19H2,1-6H3. The summed E-state index contributed by atoms with van der Waals surface area (Å²) < 4.78 is 24.6. The molecular formula is C20H47NO5Si4. The molecule has 0 radical (unpaired) electrons. The summed E-state index contributed by atoms with van der Waals surface area (Å²) in [6.45, 7) is 11.3. The summed E-state index contributed by atoms with van der Waals surface area (Å²) in [5.41, 5.74) is 0. The molecule has 1 heterocycles. The number of carbonyl (C=O) groups excluding carboxylic acids is 1. The highest BCUT2D eigenvalue weighted by molar-refractivity contribution is 6.81. The van der Waals surface area contributed by atoms with Gasteiger partial charge in [-0.05, 0) is 45.1 Å². The third-order valence-electron chi connectivity index (χ3n) is 5.64. The fraction of sp³-hybridized carbons (Fsp3) is 0.950. The highest BCUT2D eigenvalue weighted by Gasteiger charge is 2.39. The molecule has 0 aliphatic carbocycles. The molecule has 0 aromatic rings. The summed E-state index contributed by atoms with van der Waals surface area (Å²) in [7, 11) is -5.30. The fourth-order valence-electron chi connectivity index (χ4n) is 4.01. The fourth-order valence-corrected chi connectivity index (χ4v) is 18.7. The molecule has 2 unspecified atom stereocenters. The Labute approximate surface area is 191 Å². The first kappa shape index (κ1) is 28.2. The molecule has 1 fully saturated rings. The third-order valence-corrected chi connectivity index (χ3v) is 19.7. The maximum Gasteiger partial charge on any atom is 0.317 e. The van der Waals surface area contributed by atoms with E-state index in [0.717, 1.165) is 25.4 Å². The van der Waals surface area contributed by atoms with E-state index in [4.69, 9.17) is 16.5 Å². The zero-order valence-corrected chi connectivity index (χ0v) is 24.9. The minimum Gasteiger partial charge on any atom is -0.420 e. The maximum absolute atomic E-state index is 12.4. The highest BCUT2D eigenvalue weighted by Crippen LogP contribution is 2.22. The molecule has 0 spiro atoms. The average molecular weight is 494 g/mol. The topological polar surface area (TPSA) is 57.2 Å². The van der Waals surface area contributed by atoms with Gasteiger partial charge in [0.25, 0.3) is 27.9 Å². The van der Waals surface area contributed by atoms with Crippen LogP contribution in [-0.4, -0.2) is 60.8 Å². The second-order valence-electron chi connectivity index (χ2n) is 8.84. The van der Waals surface area contributed by atoms with Crippen molar-refractivity contribution in [3.8, 4) is 0 Å². The van der Waals surface area contributed by atoms with Crippen molar-refractivity contribution in [2.75, 3.05) is 13.6 Å². The summed E-state index contributed by atoms with van der Waals surface area (Å²) in [6.07, 6.45) is 13.1. The van der Waals surface area contributed by atoms with Gasteiger partial charge in [-0.15, -0.1) is 0 Å². The molecule has 1 aliphatic heterocycles. The van der Waals surface area contributed by atoms with Gasteiger partial charge in [-0.25, -0.2) is 0 Å². The van der Waals surface area contributed by atoms with Crippen LogP contribution in [0.4, 0.5) is 0 Å². The molecule has 6 nitrogen and oxygen atoms in total. The minimum atomic E-state index is -2.27. The maximum atomic E-state index is 12.4. The van der Waals surface area contributed by atoms with Crippen LogP contribution >= 0.6 is 0 Å². The number of hydrogen-bond acceptors (Lipinski definition) is 5. The number of amides is 1. The Bertz CT molecular complexity index is 460. The molecule has 0 saturated carbocycles. The molecule has 30 heavy (non-hydrogen) atoms. The summed E-state index contributed by atoms with van der Waals surface area (Å²) in [4.78, 5) is 14.3. The third kappa shape index (κ3) is 12.9. The van der Waals surface area contributed by atoms with Gasteiger partial charge in [-0.3, -0.25) is 4.79 Å². The molecule has 0 N–H and O–H groups in total. The van der Waals surface area contributed by atoms with Crippen molar-refractivity contribution in [1.29, 1.82) is 0 Å². The zero-order valence-electron chi connectivity index (χ0n) is 20.4. The van der Waals surface area contributed by atoms with E-state index < -0.39 is 36.4 Å². The van der Waals surface area contributed by atoms with E-state index in [9.17, 15) is 4.79 Å². The summed E-state index contributed by atoms with van der Waals surface area (Å²) >= 11 is 0. The molecule has 1 rings (SSSR count). The van der Waals surface area contributed by atoms with E-state index in [2.05, 4.69) is 33.1 Å². The lowest BCUT2D eigenvalue weighted by Crippen LogP contribution is -2.53. The van der Waals surface area contributed by atoms with Crippen molar-refractivity contribution in [3.05, 3.63) is 0 Å². The molecule has 1 amide bonds. The van der Waals surface area contributed by atoms with Crippen molar-refractivity contribution in [3.63, 3.8) is 0 Å². The van der Waals surface area contributed by atoms with E-state index >= 15 is 0 Å². The molecule has 2 atom stereocenters. The lowest BCUT2D eigenvalue weighted by molar-refractivity contribution is -0.130. The van der Waals surface area contributed by atoms with Gasteiger partial charge in [0.05, 0.1) is 0 Å². The largest absolute Gasteiger partial charge is 0.420 e. The summed E-state index contributed by atoms with van der Waals surface area (Å²) in [6, 6.07) is 0.889. The number of nitrogens with zero attached hydrogens (tertiary/aromatic N) is 1. The van der Waals surface area contributed by atoms with Gasteiger partial charge in [0.15, 0.2) is 0 Å². The van der Waals surface area contributed by atoms with Gasteiger partial charge < -0.3 is 21.4 Å². The molecule has 1 aliphatic rings. The quantitative estimate of drug-likeness (QED) is 0.264. The van der Waals surface area contributed by atoms with Gasteiger partial charge in [0.2, 0.25) is 5.91 Å². The highest BCUT2D eigenvalue weighted by atomic mass is 28.5. The van der Waals surface area contributed by atoms with Gasteiger partial charge in [-0.2, -0.15) is 0 Å². The van der Waals surface area contributed by atoms with Crippen molar-refractivity contribution >= 4 is 42.3 Å². The van der Waals surface area contributed by atoms with Crippen LogP contribution in [0, 0.1) is 0 Å². The first-order valence-electron chi connectivity index (χ1n) is 12.2. The lowest BCUT2D eigenvalue weighted by Gasteiger charge is -2.37. The van der Waals surface area contributed by atoms with E-state index in [1.54, 1.807) is 0 Å². The Hall–Kier alpha value is 0.178. The molecule has 0 bridgehead atoms. The molecule has 1 saturated heterocycles. The van der Waals surface area contributed by atoms with E-state index in [1.165, 1.54) is 51.4 Å². The van der Waals surface area contributed by atoms with Crippen LogP contribution in [0.15, 0.2) is 0 Å². The number of hydrogen-bond donors (Lipinski definition) is 0. The second-order valence-corrected chi connectivity index (χ2v) is 19.1. The molecule has 178 valence electrons. The van der Waals surface area contributed by atoms with Crippen molar-refractivity contribution in [1.82, 2.24) is 4.90 Å².